The van der Waals surface area contributed by atoms with Crippen molar-refractivity contribution in [3.05, 3.63) is 29.0 Å². The molecule has 0 bridgehead atoms. The molecule has 0 aliphatic heterocycles. The highest BCUT2D eigenvalue weighted by Crippen LogP contribution is 2.10. The van der Waals surface area contributed by atoms with E-state index in [1.807, 2.05) is 19.1 Å². The first kappa shape index (κ1) is 11.4. The van der Waals surface area contributed by atoms with Crippen LogP contribution in [0.5, 0.6) is 0 Å². The molecule has 14 heavy (non-hydrogen) atoms. The summed E-state index contributed by atoms with van der Waals surface area (Å²) in [7, 11) is 0. The fraction of sp³-hybridized carbons (Fsp3) is 0.500. The lowest BCUT2D eigenvalue weighted by molar-refractivity contribution is 0.167. The van der Waals surface area contributed by atoms with E-state index < -0.39 is 0 Å². The van der Waals surface area contributed by atoms with Gasteiger partial charge in [0.1, 0.15) is 5.15 Å². The molecule has 0 aromatic carbocycles. The Morgan fingerprint density at radius 3 is 3.07 bits per heavy atom. The standard InChI is InChI=1S/C10H15ClN2O/c1-2-9(14)7-12-6-8-4-3-5-13-10(8)11/h3-5,9,12,14H,2,6-7H2,1H3/t9-/m1/s1. The molecule has 1 rings (SSSR count). The zero-order valence-corrected chi connectivity index (χ0v) is 8.96. The van der Waals surface area contributed by atoms with Gasteiger partial charge >= 0.3 is 0 Å². The second-order valence-corrected chi connectivity index (χ2v) is 3.50. The van der Waals surface area contributed by atoms with Gasteiger partial charge in [-0.1, -0.05) is 24.6 Å². The Morgan fingerprint density at radius 2 is 2.43 bits per heavy atom. The summed E-state index contributed by atoms with van der Waals surface area (Å²) < 4.78 is 0. The fourth-order valence-electron chi connectivity index (χ4n) is 1.07. The molecule has 2 N–H and O–H groups in total. The predicted molar refractivity (Wildman–Crippen MR) is 57.3 cm³/mol. The second-order valence-electron chi connectivity index (χ2n) is 3.15. The minimum atomic E-state index is -0.287. The molecule has 0 amide bonds. The third-order valence-corrected chi connectivity index (χ3v) is 2.34. The summed E-state index contributed by atoms with van der Waals surface area (Å²) in [6, 6.07) is 3.76. The van der Waals surface area contributed by atoms with Crippen molar-refractivity contribution >= 4 is 11.6 Å². The average Bonchev–Trinajstić information content (AvgIpc) is 2.20. The van der Waals surface area contributed by atoms with Gasteiger partial charge in [-0.25, -0.2) is 4.98 Å². The van der Waals surface area contributed by atoms with Crippen molar-refractivity contribution in [2.75, 3.05) is 6.54 Å². The quantitative estimate of drug-likeness (QED) is 0.732. The van der Waals surface area contributed by atoms with E-state index in [1.54, 1.807) is 6.20 Å². The zero-order chi connectivity index (χ0) is 10.4. The Balaban J connectivity index is 2.35. The average molecular weight is 215 g/mol. The van der Waals surface area contributed by atoms with Crippen molar-refractivity contribution in [2.45, 2.75) is 26.0 Å². The Hall–Kier alpha value is -0.640. The number of nitrogens with zero attached hydrogens (tertiary/aromatic N) is 1. The summed E-state index contributed by atoms with van der Waals surface area (Å²) in [5.74, 6) is 0. The molecule has 0 spiro atoms. The van der Waals surface area contributed by atoms with Crippen LogP contribution in [0, 0.1) is 0 Å². The van der Waals surface area contributed by atoms with Crippen LogP contribution < -0.4 is 5.32 Å². The summed E-state index contributed by atoms with van der Waals surface area (Å²) in [5.41, 5.74) is 0.956. The number of halogens is 1. The lowest BCUT2D eigenvalue weighted by Crippen LogP contribution is -2.25. The first-order chi connectivity index (χ1) is 6.74. The van der Waals surface area contributed by atoms with E-state index in [4.69, 9.17) is 11.6 Å². The van der Waals surface area contributed by atoms with Crippen LogP contribution in [0.2, 0.25) is 5.15 Å². The van der Waals surface area contributed by atoms with Gasteiger partial charge in [0, 0.05) is 24.8 Å². The van der Waals surface area contributed by atoms with Crippen molar-refractivity contribution in [3.63, 3.8) is 0 Å². The SMILES string of the molecule is CC[C@@H](O)CNCc1cccnc1Cl. The van der Waals surface area contributed by atoms with Gasteiger partial charge in [0.25, 0.3) is 0 Å². The van der Waals surface area contributed by atoms with Crippen LogP contribution >= 0.6 is 11.6 Å². The molecule has 1 heterocycles. The Morgan fingerprint density at radius 1 is 1.64 bits per heavy atom. The van der Waals surface area contributed by atoms with Crippen LogP contribution in [0.15, 0.2) is 18.3 Å². The van der Waals surface area contributed by atoms with Crippen molar-refractivity contribution < 1.29 is 5.11 Å². The summed E-state index contributed by atoms with van der Waals surface area (Å²) in [6.45, 7) is 3.18. The molecule has 0 aliphatic carbocycles. The monoisotopic (exact) mass is 214 g/mol. The molecule has 0 fully saturated rings. The summed E-state index contributed by atoms with van der Waals surface area (Å²) in [5, 5.41) is 12.9. The van der Waals surface area contributed by atoms with E-state index in [9.17, 15) is 5.11 Å². The molecular weight excluding hydrogens is 200 g/mol. The maximum atomic E-state index is 9.29. The summed E-state index contributed by atoms with van der Waals surface area (Å²) >= 11 is 5.86. The van der Waals surface area contributed by atoms with Gasteiger partial charge in [0.05, 0.1) is 6.10 Å². The van der Waals surface area contributed by atoms with E-state index >= 15 is 0 Å². The van der Waals surface area contributed by atoms with Gasteiger partial charge in [-0.05, 0) is 12.5 Å². The van der Waals surface area contributed by atoms with Gasteiger partial charge < -0.3 is 10.4 Å². The number of aliphatic hydroxyl groups is 1. The highest BCUT2D eigenvalue weighted by Gasteiger charge is 2.02. The number of hydrogen-bond donors (Lipinski definition) is 2. The van der Waals surface area contributed by atoms with Gasteiger partial charge in [0.2, 0.25) is 0 Å². The van der Waals surface area contributed by atoms with Crippen LogP contribution in [0.3, 0.4) is 0 Å². The van der Waals surface area contributed by atoms with E-state index in [-0.39, 0.29) is 6.10 Å². The van der Waals surface area contributed by atoms with Crippen molar-refractivity contribution in [1.29, 1.82) is 0 Å². The van der Waals surface area contributed by atoms with Gasteiger partial charge in [0.15, 0.2) is 0 Å². The van der Waals surface area contributed by atoms with Gasteiger partial charge in [-0.15, -0.1) is 0 Å². The maximum Gasteiger partial charge on any atom is 0.133 e. The third-order valence-electron chi connectivity index (χ3n) is 2.00. The maximum absolute atomic E-state index is 9.29. The van der Waals surface area contributed by atoms with E-state index in [0.717, 1.165) is 12.0 Å². The van der Waals surface area contributed by atoms with Crippen LogP contribution in [-0.4, -0.2) is 22.7 Å². The first-order valence-electron chi connectivity index (χ1n) is 4.72. The first-order valence-corrected chi connectivity index (χ1v) is 5.10. The summed E-state index contributed by atoms with van der Waals surface area (Å²) in [6.07, 6.45) is 2.13. The van der Waals surface area contributed by atoms with Gasteiger partial charge in [-0.2, -0.15) is 0 Å². The Bertz CT molecular complexity index is 281. The van der Waals surface area contributed by atoms with Crippen LogP contribution in [-0.2, 0) is 6.54 Å². The molecule has 3 nitrogen and oxygen atoms in total. The number of pyridine rings is 1. The molecule has 4 heteroatoms. The molecule has 0 unspecified atom stereocenters. The third kappa shape index (κ3) is 3.62. The van der Waals surface area contributed by atoms with Crippen molar-refractivity contribution in [1.82, 2.24) is 10.3 Å². The van der Waals surface area contributed by atoms with Gasteiger partial charge in [-0.3, -0.25) is 0 Å². The predicted octanol–water partition coefficient (Wildman–Crippen LogP) is 1.60. The molecule has 78 valence electrons. The lowest BCUT2D eigenvalue weighted by Gasteiger charge is -2.09. The topological polar surface area (TPSA) is 45.1 Å². The number of nitrogens with one attached hydrogen (secondary N) is 1. The number of aromatic nitrogens is 1. The molecule has 1 aromatic rings. The number of rotatable bonds is 5. The Labute approximate surface area is 89.1 Å². The smallest absolute Gasteiger partial charge is 0.133 e. The fourth-order valence-corrected chi connectivity index (χ4v) is 1.26. The molecule has 1 aromatic heterocycles. The normalized spacial score (nSPS) is 12.8. The van der Waals surface area contributed by atoms with E-state index in [2.05, 4.69) is 10.3 Å². The molecule has 0 aliphatic rings. The molecular formula is C10H15ClN2O. The molecule has 0 saturated carbocycles. The van der Waals surface area contributed by atoms with Crippen LogP contribution in [0.1, 0.15) is 18.9 Å². The second kappa shape index (κ2) is 5.96. The van der Waals surface area contributed by atoms with Crippen LogP contribution in [0.4, 0.5) is 0 Å². The van der Waals surface area contributed by atoms with Crippen molar-refractivity contribution in [3.8, 4) is 0 Å². The zero-order valence-electron chi connectivity index (χ0n) is 8.20. The molecule has 0 saturated heterocycles. The number of aliphatic hydroxyl groups excluding tert-OH is 1. The van der Waals surface area contributed by atoms with E-state index in [1.165, 1.54) is 0 Å². The largest absolute Gasteiger partial charge is 0.392 e. The summed E-state index contributed by atoms with van der Waals surface area (Å²) in [4.78, 5) is 3.96. The lowest BCUT2D eigenvalue weighted by atomic mass is 10.2. The minimum absolute atomic E-state index is 0.287. The molecule has 0 radical (unpaired) electrons. The minimum Gasteiger partial charge on any atom is -0.392 e. The van der Waals surface area contributed by atoms with Crippen molar-refractivity contribution in [2.24, 2.45) is 0 Å². The number of hydrogen-bond acceptors (Lipinski definition) is 3. The molecule has 1 atom stereocenters. The van der Waals surface area contributed by atoms with E-state index in [0.29, 0.717) is 18.2 Å². The van der Waals surface area contributed by atoms with Crippen LogP contribution in [0.25, 0.3) is 0 Å². The highest BCUT2D eigenvalue weighted by atomic mass is 35.5. The Kier molecular flexibility index (Phi) is 4.87. The highest BCUT2D eigenvalue weighted by molar-refractivity contribution is 6.30.